The number of rotatable bonds is 8. The van der Waals surface area contributed by atoms with Crippen LogP contribution in [0.3, 0.4) is 0 Å². The van der Waals surface area contributed by atoms with Crippen molar-refractivity contribution in [2.75, 3.05) is 0 Å². The van der Waals surface area contributed by atoms with Crippen LogP contribution in [0, 0.1) is 5.92 Å². The van der Waals surface area contributed by atoms with Crippen molar-refractivity contribution in [1.29, 1.82) is 0 Å². The number of pyridine rings is 1. The minimum absolute atomic E-state index is 0.161. The number of aromatic nitrogens is 1. The van der Waals surface area contributed by atoms with Gasteiger partial charge in [-0.25, -0.2) is 4.79 Å². The number of benzene rings is 2. The first-order valence-corrected chi connectivity index (χ1v) is 10.6. The first-order valence-electron chi connectivity index (χ1n) is 10.6. The minimum Gasteiger partial charge on any atom is -0.487 e. The van der Waals surface area contributed by atoms with Crippen molar-refractivity contribution in [3.63, 3.8) is 0 Å². The summed E-state index contributed by atoms with van der Waals surface area (Å²) >= 11 is 0. The molecule has 2 aromatic carbocycles. The molecular formula is C24H27N5O4. The minimum atomic E-state index is -0.851. The zero-order valence-electron chi connectivity index (χ0n) is 18.5. The maximum Gasteiger partial charge on any atom is 0.312 e. The second kappa shape index (κ2) is 10.9. The van der Waals surface area contributed by atoms with Gasteiger partial charge in [-0.1, -0.05) is 50.6 Å². The number of hydrazine groups is 1. The van der Waals surface area contributed by atoms with Gasteiger partial charge in [-0.15, -0.1) is 0 Å². The van der Waals surface area contributed by atoms with Gasteiger partial charge in [0, 0.05) is 17.1 Å². The van der Waals surface area contributed by atoms with Crippen LogP contribution in [-0.4, -0.2) is 28.9 Å². The van der Waals surface area contributed by atoms with Gasteiger partial charge in [0.1, 0.15) is 23.9 Å². The monoisotopic (exact) mass is 449 g/mol. The van der Waals surface area contributed by atoms with E-state index in [2.05, 4.69) is 21.2 Å². The van der Waals surface area contributed by atoms with Gasteiger partial charge in [0.2, 0.25) is 0 Å². The molecule has 0 aliphatic heterocycles. The first kappa shape index (κ1) is 23.5. The van der Waals surface area contributed by atoms with Gasteiger partial charge in [0.25, 0.3) is 11.8 Å². The molecule has 33 heavy (non-hydrogen) atoms. The molecule has 0 radical (unpaired) electrons. The summed E-state index contributed by atoms with van der Waals surface area (Å²) in [6.07, 6.45) is 2.36. The number of amides is 4. The van der Waals surface area contributed by atoms with Gasteiger partial charge < -0.3 is 15.8 Å². The van der Waals surface area contributed by atoms with Crippen LogP contribution in [0.5, 0.6) is 5.75 Å². The van der Waals surface area contributed by atoms with Crippen LogP contribution in [0.1, 0.15) is 36.2 Å². The molecule has 172 valence electrons. The average Bonchev–Trinajstić information content (AvgIpc) is 2.84. The summed E-state index contributed by atoms with van der Waals surface area (Å²) in [5.41, 5.74) is 11.8. The quantitative estimate of drug-likeness (QED) is 0.392. The van der Waals surface area contributed by atoms with Crippen molar-refractivity contribution < 1.29 is 19.1 Å². The fourth-order valence-corrected chi connectivity index (χ4v) is 3.23. The highest BCUT2D eigenvalue weighted by molar-refractivity contribution is 5.96. The third-order valence-corrected chi connectivity index (χ3v) is 5.30. The molecule has 2 atom stereocenters. The van der Waals surface area contributed by atoms with E-state index < -0.39 is 23.9 Å². The number of urea groups is 1. The van der Waals surface area contributed by atoms with Crippen molar-refractivity contribution in [3.05, 3.63) is 71.9 Å². The highest BCUT2D eigenvalue weighted by Crippen LogP contribution is 2.23. The molecule has 0 aliphatic rings. The average molecular weight is 450 g/mol. The van der Waals surface area contributed by atoms with Crippen LogP contribution in [0.25, 0.3) is 10.9 Å². The van der Waals surface area contributed by atoms with Crippen molar-refractivity contribution in [2.24, 2.45) is 11.7 Å². The van der Waals surface area contributed by atoms with E-state index in [4.69, 9.17) is 10.5 Å². The van der Waals surface area contributed by atoms with E-state index in [1.54, 1.807) is 37.4 Å². The second-order valence-electron chi connectivity index (χ2n) is 7.63. The Morgan fingerprint density at radius 1 is 1.03 bits per heavy atom. The van der Waals surface area contributed by atoms with Crippen LogP contribution in [0.4, 0.5) is 4.79 Å². The number of hydrogen-bond donors (Lipinski definition) is 4. The van der Waals surface area contributed by atoms with Gasteiger partial charge >= 0.3 is 6.03 Å². The number of nitrogens with zero attached hydrogens (tertiary/aromatic N) is 1. The predicted octanol–water partition coefficient (Wildman–Crippen LogP) is 2.66. The van der Waals surface area contributed by atoms with E-state index in [-0.39, 0.29) is 5.92 Å². The summed E-state index contributed by atoms with van der Waals surface area (Å²) in [4.78, 5) is 40.3. The molecule has 0 unspecified atom stereocenters. The van der Waals surface area contributed by atoms with Gasteiger partial charge in [-0.2, -0.15) is 0 Å². The van der Waals surface area contributed by atoms with E-state index >= 15 is 0 Å². The molecule has 3 aromatic rings. The molecule has 1 heterocycles. The highest BCUT2D eigenvalue weighted by Gasteiger charge is 2.25. The summed E-state index contributed by atoms with van der Waals surface area (Å²) in [5.74, 6) is -0.523. The van der Waals surface area contributed by atoms with Crippen LogP contribution < -0.4 is 26.6 Å². The molecule has 4 amide bonds. The van der Waals surface area contributed by atoms with Crippen molar-refractivity contribution >= 4 is 28.7 Å². The molecular weight excluding hydrogens is 422 g/mol. The number of para-hydroxylation sites is 1. The number of hydrogen-bond acceptors (Lipinski definition) is 5. The third kappa shape index (κ3) is 6.19. The lowest BCUT2D eigenvalue weighted by atomic mass is 9.99. The number of primary amides is 1. The zero-order valence-corrected chi connectivity index (χ0v) is 18.5. The van der Waals surface area contributed by atoms with Crippen LogP contribution in [-0.2, 0) is 11.4 Å². The molecule has 5 N–H and O–H groups in total. The molecule has 0 aliphatic carbocycles. The van der Waals surface area contributed by atoms with Gasteiger partial charge in [0.05, 0.1) is 0 Å². The molecule has 1 aromatic heterocycles. The molecule has 0 fully saturated rings. The van der Waals surface area contributed by atoms with Crippen LogP contribution in [0.2, 0.25) is 0 Å². The Morgan fingerprint density at radius 3 is 2.45 bits per heavy atom. The Labute approximate surface area is 191 Å². The largest absolute Gasteiger partial charge is 0.487 e. The lowest BCUT2D eigenvalue weighted by molar-refractivity contribution is -0.124. The summed E-state index contributed by atoms with van der Waals surface area (Å²) < 4.78 is 5.91. The smallest absolute Gasteiger partial charge is 0.312 e. The molecule has 0 bridgehead atoms. The van der Waals surface area contributed by atoms with Gasteiger partial charge in [-0.05, 0) is 35.7 Å². The summed E-state index contributed by atoms with van der Waals surface area (Å²) in [7, 11) is 0. The van der Waals surface area contributed by atoms with Gasteiger partial charge in [-0.3, -0.25) is 25.4 Å². The predicted molar refractivity (Wildman–Crippen MR) is 124 cm³/mol. The summed E-state index contributed by atoms with van der Waals surface area (Å²) in [6, 6.07) is 14.7. The molecule has 9 nitrogen and oxygen atoms in total. The van der Waals surface area contributed by atoms with Crippen molar-refractivity contribution in [2.45, 2.75) is 32.9 Å². The maximum absolute atomic E-state index is 12.4. The number of nitrogens with one attached hydrogen (secondary N) is 3. The molecule has 3 rings (SSSR count). The van der Waals surface area contributed by atoms with E-state index in [0.717, 1.165) is 16.5 Å². The standard InChI is InChI=1S/C24H27N5O4/c1-3-15(2)20(27-24(25)32)23(31)29-28-22(30)18-11-9-16(10-12-18)14-33-19-8-4-6-17-7-5-13-26-21(17)19/h4-13,15,20H,3,14H2,1-2H3,(H,28,30)(H,29,31)(H3,25,27,32)/t15-,20-/m0/s1. The lowest BCUT2D eigenvalue weighted by Gasteiger charge is -2.22. The Kier molecular flexibility index (Phi) is 7.80. The number of carbonyl (C=O) groups excluding carboxylic acids is 3. The maximum atomic E-state index is 12.4. The van der Waals surface area contributed by atoms with Crippen LogP contribution in [0.15, 0.2) is 60.8 Å². The SMILES string of the molecule is CC[C@H](C)[C@H](NC(N)=O)C(=O)NNC(=O)c1ccc(COc2cccc3cccnc23)cc1. The Balaban J connectivity index is 1.56. The van der Waals surface area contributed by atoms with Crippen LogP contribution >= 0.6 is 0 Å². The Hall–Kier alpha value is -4.14. The highest BCUT2D eigenvalue weighted by atomic mass is 16.5. The lowest BCUT2D eigenvalue weighted by Crippen LogP contribution is -2.55. The zero-order chi connectivity index (χ0) is 23.8. The second-order valence-corrected chi connectivity index (χ2v) is 7.63. The summed E-state index contributed by atoms with van der Waals surface area (Å²) in [5, 5.41) is 3.39. The van der Waals surface area contributed by atoms with E-state index in [9.17, 15) is 14.4 Å². The Bertz CT molecular complexity index is 1130. The van der Waals surface area contributed by atoms with Crippen molar-refractivity contribution in [3.8, 4) is 5.75 Å². The number of ether oxygens (including phenoxy) is 1. The fraction of sp³-hybridized carbons (Fsp3) is 0.250. The number of fused-ring (bicyclic) bond motifs is 1. The topological polar surface area (TPSA) is 135 Å². The normalized spacial score (nSPS) is 12.4. The Morgan fingerprint density at radius 2 is 1.76 bits per heavy atom. The van der Waals surface area contributed by atoms with E-state index in [1.807, 2.05) is 37.3 Å². The number of nitrogens with two attached hydrogens (primary N) is 1. The number of carbonyl (C=O) groups is 3. The molecule has 9 heteroatoms. The molecule has 0 saturated heterocycles. The van der Waals surface area contributed by atoms with E-state index in [1.165, 1.54) is 0 Å². The summed E-state index contributed by atoms with van der Waals surface area (Å²) in [6.45, 7) is 4.00. The van der Waals surface area contributed by atoms with Gasteiger partial charge in [0.15, 0.2) is 0 Å². The van der Waals surface area contributed by atoms with E-state index in [0.29, 0.717) is 24.3 Å². The first-order chi connectivity index (χ1) is 15.9. The fourth-order valence-electron chi connectivity index (χ4n) is 3.23. The molecule has 0 spiro atoms. The third-order valence-electron chi connectivity index (χ3n) is 5.30. The molecule has 0 saturated carbocycles. The van der Waals surface area contributed by atoms with Crippen molar-refractivity contribution in [1.82, 2.24) is 21.2 Å².